The zero-order chi connectivity index (χ0) is 25.4. The lowest BCUT2D eigenvalue weighted by Crippen LogP contribution is -2.55. The van der Waals surface area contributed by atoms with Gasteiger partial charge in [-0.25, -0.2) is 4.79 Å². The quantitative estimate of drug-likeness (QED) is 0.281. The van der Waals surface area contributed by atoms with Gasteiger partial charge in [-0.15, -0.1) is 0 Å². The molecule has 10 nitrogen and oxygen atoms in total. The molecular weight excluding hydrogens is 474 g/mol. The number of methoxy groups -OCH3 is 1. The maximum Gasteiger partial charge on any atom is 0.338 e. The number of benzene rings is 1. The summed E-state index contributed by atoms with van der Waals surface area (Å²) < 4.78 is 10.6. The number of nitrogens with zero attached hydrogens (tertiary/aromatic N) is 1. The molecule has 35 heavy (non-hydrogen) atoms. The molecule has 3 rings (SSSR count). The summed E-state index contributed by atoms with van der Waals surface area (Å²) in [6.45, 7) is 5.83. The van der Waals surface area contributed by atoms with Gasteiger partial charge in [0.05, 0.1) is 29.3 Å². The molecule has 5 N–H and O–H groups in total. The van der Waals surface area contributed by atoms with E-state index in [1.807, 2.05) is 12.1 Å². The van der Waals surface area contributed by atoms with Gasteiger partial charge in [-0.1, -0.05) is 23.7 Å². The van der Waals surface area contributed by atoms with Gasteiger partial charge in [0, 0.05) is 39.8 Å². The summed E-state index contributed by atoms with van der Waals surface area (Å²) in [6, 6.07) is 8.40. The van der Waals surface area contributed by atoms with Gasteiger partial charge in [0.1, 0.15) is 11.4 Å². The van der Waals surface area contributed by atoms with E-state index in [1.54, 1.807) is 26.2 Å². The van der Waals surface area contributed by atoms with Crippen molar-refractivity contribution in [3.63, 3.8) is 0 Å². The van der Waals surface area contributed by atoms with Crippen molar-refractivity contribution in [2.24, 2.45) is 0 Å². The van der Waals surface area contributed by atoms with E-state index in [2.05, 4.69) is 20.5 Å². The molecule has 2 atom stereocenters. The maximum absolute atomic E-state index is 12.6. The Morgan fingerprint density at radius 1 is 1.29 bits per heavy atom. The Balaban J connectivity index is 1.44. The average molecular weight is 506 g/mol. The van der Waals surface area contributed by atoms with Crippen molar-refractivity contribution in [3.05, 3.63) is 62.4 Å². The van der Waals surface area contributed by atoms with Gasteiger partial charge in [-0.3, -0.25) is 14.5 Å². The highest BCUT2D eigenvalue weighted by Crippen LogP contribution is 2.17. The monoisotopic (exact) mass is 505 g/mol. The van der Waals surface area contributed by atoms with Gasteiger partial charge in [0.15, 0.2) is 0 Å². The Morgan fingerprint density at radius 3 is 2.71 bits per heavy atom. The van der Waals surface area contributed by atoms with E-state index < -0.39 is 11.5 Å². The van der Waals surface area contributed by atoms with Crippen molar-refractivity contribution in [3.8, 4) is 0 Å². The number of aromatic nitrogens is 1. The van der Waals surface area contributed by atoms with E-state index in [-0.39, 0.29) is 34.5 Å². The smallest absolute Gasteiger partial charge is 0.338 e. The minimum Gasteiger partial charge on any atom is -0.462 e. The van der Waals surface area contributed by atoms with Crippen LogP contribution in [0.5, 0.6) is 0 Å². The first kappa shape index (κ1) is 26.7. The van der Waals surface area contributed by atoms with E-state index in [1.165, 1.54) is 6.07 Å². The first-order valence-corrected chi connectivity index (χ1v) is 11.9. The number of likely N-dealkylation sites (tertiary alicyclic amines) is 1. The first-order valence-electron chi connectivity index (χ1n) is 11.5. The van der Waals surface area contributed by atoms with Crippen LogP contribution in [-0.2, 0) is 16.0 Å². The highest BCUT2D eigenvalue weighted by atomic mass is 35.5. The molecule has 1 saturated heterocycles. The summed E-state index contributed by atoms with van der Waals surface area (Å²) in [6.07, 6.45) is 0.464. The number of halogens is 1. The number of rotatable bonds is 10. The number of H-pyrrole nitrogens is 1. The molecular formula is C24H32ClN5O5. The number of carbonyl (C=O) groups excluding carboxylic acids is 2. The normalized spacial score (nSPS) is 18.3. The predicted octanol–water partition coefficient (Wildman–Crippen LogP) is 1.40. The molecule has 0 bridgehead atoms. The molecule has 0 radical (unpaired) electrons. The number of carbonyl (C=O) groups is 2. The SMILES string of the molecule is CCOC(=O)c1ccc(CNCCN2CC[C@H](NC(=O)c3cc(Cl)c(N)[nH]c3=O)[C@H](OC)C2)cc1. The maximum atomic E-state index is 12.6. The zero-order valence-electron chi connectivity index (χ0n) is 19.9. The molecule has 0 unspecified atom stereocenters. The lowest BCUT2D eigenvalue weighted by atomic mass is 10.0. The number of ether oxygens (including phenoxy) is 2. The molecule has 2 aromatic rings. The highest BCUT2D eigenvalue weighted by molar-refractivity contribution is 6.33. The molecule has 1 fully saturated rings. The van der Waals surface area contributed by atoms with Gasteiger partial charge in [-0.05, 0) is 37.1 Å². The third-order valence-corrected chi connectivity index (χ3v) is 6.24. The van der Waals surface area contributed by atoms with Crippen LogP contribution >= 0.6 is 11.6 Å². The number of esters is 1. The number of nitrogens with two attached hydrogens (primary N) is 1. The van der Waals surface area contributed by atoms with Gasteiger partial charge < -0.3 is 30.8 Å². The largest absolute Gasteiger partial charge is 0.462 e. The number of hydrogen-bond acceptors (Lipinski definition) is 8. The molecule has 1 aliphatic rings. The molecule has 1 aromatic carbocycles. The number of aromatic amines is 1. The van der Waals surface area contributed by atoms with Crippen LogP contribution in [0, 0.1) is 0 Å². The van der Waals surface area contributed by atoms with E-state index in [0.29, 0.717) is 31.7 Å². The highest BCUT2D eigenvalue weighted by Gasteiger charge is 2.31. The topological polar surface area (TPSA) is 139 Å². The lowest BCUT2D eigenvalue weighted by Gasteiger charge is -2.38. The Kier molecular flexibility index (Phi) is 9.67. The standard InChI is InChI=1S/C24H32ClN5O5/c1-3-35-24(33)16-6-4-15(5-7-16)13-27-9-11-30-10-8-19(20(14-30)34-2)28-22(31)17-12-18(25)21(26)29-23(17)32/h4-7,12,19-20,27H,3,8-11,13-14H2,1-2H3,(H,28,31)(H3,26,29,32)/t19-,20+/m0/s1. The number of hydrogen-bond donors (Lipinski definition) is 4. The fourth-order valence-corrected chi connectivity index (χ4v) is 4.12. The predicted molar refractivity (Wildman–Crippen MR) is 134 cm³/mol. The molecule has 11 heteroatoms. The lowest BCUT2D eigenvalue weighted by molar-refractivity contribution is 0.00678. The summed E-state index contributed by atoms with van der Waals surface area (Å²) in [5, 5.41) is 6.42. The number of nitrogens with one attached hydrogen (secondary N) is 3. The van der Waals surface area contributed by atoms with E-state index in [4.69, 9.17) is 26.8 Å². The minimum absolute atomic E-state index is 0.0265. The van der Waals surface area contributed by atoms with Gasteiger partial charge in [0.2, 0.25) is 0 Å². The van der Waals surface area contributed by atoms with Crippen molar-refractivity contribution < 1.29 is 19.1 Å². The van der Waals surface area contributed by atoms with Crippen molar-refractivity contribution in [1.29, 1.82) is 0 Å². The second kappa shape index (κ2) is 12.7. The van der Waals surface area contributed by atoms with Crippen molar-refractivity contribution in [2.45, 2.75) is 32.0 Å². The summed E-state index contributed by atoms with van der Waals surface area (Å²) in [7, 11) is 1.61. The number of nitrogen functional groups attached to an aromatic ring is 1. The van der Waals surface area contributed by atoms with Crippen molar-refractivity contribution >= 4 is 29.3 Å². The Morgan fingerprint density at radius 2 is 2.03 bits per heavy atom. The van der Waals surface area contributed by atoms with Gasteiger partial charge in [0.25, 0.3) is 11.5 Å². The molecule has 0 aliphatic carbocycles. The van der Waals surface area contributed by atoms with Crippen LogP contribution in [0.4, 0.5) is 5.82 Å². The fourth-order valence-electron chi connectivity index (χ4n) is 3.96. The number of piperidine rings is 1. The van der Waals surface area contributed by atoms with Crippen LogP contribution in [0.15, 0.2) is 35.1 Å². The third kappa shape index (κ3) is 7.28. The summed E-state index contributed by atoms with van der Waals surface area (Å²) in [5.41, 5.74) is 6.53. The zero-order valence-corrected chi connectivity index (χ0v) is 20.7. The minimum atomic E-state index is -0.586. The van der Waals surface area contributed by atoms with E-state index in [0.717, 1.165) is 25.2 Å². The van der Waals surface area contributed by atoms with Gasteiger partial charge in [-0.2, -0.15) is 0 Å². The van der Waals surface area contributed by atoms with Crippen LogP contribution < -0.4 is 21.9 Å². The molecule has 0 spiro atoms. The van der Waals surface area contributed by atoms with Crippen LogP contribution in [0.3, 0.4) is 0 Å². The van der Waals surface area contributed by atoms with E-state index in [9.17, 15) is 14.4 Å². The number of amides is 1. The number of pyridine rings is 1. The summed E-state index contributed by atoms with van der Waals surface area (Å²) >= 11 is 5.95. The second-order valence-electron chi connectivity index (χ2n) is 8.31. The van der Waals surface area contributed by atoms with Gasteiger partial charge >= 0.3 is 5.97 Å². The second-order valence-corrected chi connectivity index (χ2v) is 8.72. The summed E-state index contributed by atoms with van der Waals surface area (Å²) in [5.74, 6) is -0.800. The molecule has 1 aromatic heterocycles. The molecule has 2 heterocycles. The van der Waals surface area contributed by atoms with E-state index >= 15 is 0 Å². The fraction of sp³-hybridized carbons (Fsp3) is 0.458. The third-order valence-electron chi connectivity index (χ3n) is 5.93. The van der Waals surface area contributed by atoms with Crippen LogP contribution in [-0.4, -0.2) is 73.8 Å². The molecule has 190 valence electrons. The van der Waals surface area contributed by atoms with Crippen LogP contribution in [0.25, 0.3) is 0 Å². The average Bonchev–Trinajstić information content (AvgIpc) is 2.85. The molecule has 1 aliphatic heterocycles. The van der Waals surface area contributed by atoms with Crippen LogP contribution in [0.1, 0.15) is 39.6 Å². The first-order chi connectivity index (χ1) is 16.8. The molecule has 0 saturated carbocycles. The van der Waals surface area contributed by atoms with Crippen LogP contribution in [0.2, 0.25) is 5.02 Å². The summed E-state index contributed by atoms with van der Waals surface area (Å²) in [4.78, 5) is 41.1. The Hall–Kier alpha value is -2.92. The number of anilines is 1. The Labute approximate surface area is 209 Å². The Bertz CT molecular complexity index is 1070. The van der Waals surface area contributed by atoms with Crippen molar-refractivity contribution in [2.75, 3.05) is 45.6 Å². The van der Waals surface area contributed by atoms with Crippen molar-refractivity contribution in [1.82, 2.24) is 20.5 Å². The molecule has 1 amide bonds.